The molecule has 6 nitrogen and oxygen atoms in total. The molecule has 2 N–H and O–H groups in total. The number of nitrogens with one attached hydrogen (secondary N) is 2. The maximum atomic E-state index is 13.0. The Morgan fingerprint density at radius 1 is 1.17 bits per heavy atom. The van der Waals surface area contributed by atoms with Gasteiger partial charge in [-0.1, -0.05) is 24.3 Å². The number of amides is 1. The van der Waals surface area contributed by atoms with Crippen molar-refractivity contribution in [3.8, 4) is 5.75 Å². The largest absolute Gasteiger partial charge is 0.482 e. The lowest BCUT2D eigenvalue weighted by atomic mass is 10.2. The first kappa shape index (κ1) is 22.9. The number of carbonyl (C=O) groups is 1. The number of aliphatic imine (C=N–C) groups is 1. The number of fused-ring (bicyclic) bond motifs is 1. The molecule has 0 fully saturated rings. The lowest BCUT2D eigenvalue weighted by molar-refractivity contribution is -0.121. The van der Waals surface area contributed by atoms with Crippen LogP contribution in [-0.4, -0.2) is 38.1 Å². The van der Waals surface area contributed by atoms with E-state index in [1.807, 2.05) is 31.2 Å². The van der Waals surface area contributed by atoms with Crippen LogP contribution in [0.4, 0.5) is 10.1 Å². The monoisotopic (exact) mass is 512 g/mol. The van der Waals surface area contributed by atoms with Crippen LogP contribution in [0.2, 0.25) is 0 Å². The van der Waals surface area contributed by atoms with E-state index in [0.717, 1.165) is 30.0 Å². The van der Waals surface area contributed by atoms with Crippen LogP contribution in [-0.2, 0) is 11.3 Å². The fourth-order valence-electron chi connectivity index (χ4n) is 2.94. The Balaban J connectivity index is 0.00000300. The second-order valence-corrected chi connectivity index (χ2v) is 6.40. The van der Waals surface area contributed by atoms with E-state index in [0.29, 0.717) is 25.6 Å². The normalized spacial score (nSPS) is 13.2. The zero-order valence-electron chi connectivity index (χ0n) is 16.4. The van der Waals surface area contributed by atoms with Crippen LogP contribution in [0.15, 0.2) is 53.5 Å². The van der Waals surface area contributed by atoms with Crippen LogP contribution in [0.5, 0.6) is 5.75 Å². The summed E-state index contributed by atoms with van der Waals surface area (Å²) in [6.45, 7) is 4.55. The lowest BCUT2D eigenvalue weighted by Gasteiger charge is -2.29. The molecule has 1 aliphatic heterocycles. The number of benzene rings is 2. The molecule has 29 heavy (non-hydrogen) atoms. The van der Waals surface area contributed by atoms with Gasteiger partial charge in [-0.2, -0.15) is 0 Å². The van der Waals surface area contributed by atoms with Crippen molar-refractivity contribution < 1.29 is 13.9 Å². The quantitative estimate of drug-likeness (QED) is 0.259. The van der Waals surface area contributed by atoms with Gasteiger partial charge >= 0.3 is 0 Å². The van der Waals surface area contributed by atoms with Crippen molar-refractivity contribution in [3.63, 3.8) is 0 Å². The van der Waals surface area contributed by atoms with Crippen molar-refractivity contribution in [1.82, 2.24) is 10.6 Å². The van der Waals surface area contributed by atoms with Gasteiger partial charge in [0.25, 0.3) is 5.91 Å². The highest BCUT2D eigenvalue weighted by atomic mass is 127. The third-order valence-corrected chi connectivity index (χ3v) is 4.34. The molecule has 1 heterocycles. The Hall–Kier alpha value is -2.36. The molecule has 156 valence electrons. The smallest absolute Gasteiger partial charge is 0.265 e. The summed E-state index contributed by atoms with van der Waals surface area (Å²) in [5.74, 6) is 1.15. The highest BCUT2D eigenvalue weighted by molar-refractivity contribution is 14.0. The second-order valence-electron chi connectivity index (χ2n) is 6.40. The summed E-state index contributed by atoms with van der Waals surface area (Å²) in [5, 5.41) is 6.47. The maximum absolute atomic E-state index is 13.0. The van der Waals surface area contributed by atoms with Crippen molar-refractivity contribution in [3.05, 3.63) is 59.9 Å². The zero-order valence-corrected chi connectivity index (χ0v) is 18.7. The van der Waals surface area contributed by atoms with Gasteiger partial charge in [0.15, 0.2) is 12.6 Å². The molecule has 1 aliphatic rings. The van der Waals surface area contributed by atoms with E-state index < -0.39 is 0 Å². The zero-order chi connectivity index (χ0) is 19.8. The van der Waals surface area contributed by atoms with Gasteiger partial charge in [0, 0.05) is 19.6 Å². The topological polar surface area (TPSA) is 66.0 Å². The van der Waals surface area contributed by atoms with Crippen molar-refractivity contribution in [1.29, 1.82) is 0 Å². The van der Waals surface area contributed by atoms with E-state index in [2.05, 4.69) is 15.6 Å². The molecular weight excluding hydrogens is 486 g/mol. The molecule has 0 bridgehead atoms. The molecule has 2 aromatic carbocycles. The minimum atomic E-state index is -0.253. The van der Waals surface area contributed by atoms with Crippen LogP contribution < -0.4 is 20.3 Å². The van der Waals surface area contributed by atoms with Gasteiger partial charge in [-0.05, 0) is 43.2 Å². The minimum absolute atomic E-state index is 0. The number of hydrogen-bond donors (Lipinski definition) is 2. The molecule has 0 aliphatic carbocycles. The predicted octanol–water partition coefficient (Wildman–Crippen LogP) is 3.31. The fourth-order valence-corrected chi connectivity index (χ4v) is 2.94. The van der Waals surface area contributed by atoms with E-state index in [1.165, 1.54) is 12.1 Å². The molecular formula is C21H26FIN4O2. The second kappa shape index (κ2) is 11.6. The predicted molar refractivity (Wildman–Crippen MR) is 124 cm³/mol. The van der Waals surface area contributed by atoms with Gasteiger partial charge in [-0.15, -0.1) is 24.0 Å². The number of rotatable bonds is 7. The lowest BCUT2D eigenvalue weighted by Crippen LogP contribution is -2.42. The molecule has 0 saturated heterocycles. The average Bonchev–Trinajstić information content (AvgIpc) is 2.71. The first-order chi connectivity index (χ1) is 13.7. The number of carbonyl (C=O) groups excluding carboxylic acids is 1. The minimum Gasteiger partial charge on any atom is -0.482 e. The summed E-state index contributed by atoms with van der Waals surface area (Å²) in [6, 6.07) is 13.9. The highest BCUT2D eigenvalue weighted by Crippen LogP contribution is 2.31. The van der Waals surface area contributed by atoms with Crippen molar-refractivity contribution in [2.24, 2.45) is 4.99 Å². The third-order valence-electron chi connectivity index (χ3n) is 4.34. The third kappa shape index (κ3) is 6.59. The van der Waals surface area contributed by atoms with E-state index in [9.17, 15) is 9.18 Å². The van der Waals surface area contributed by atoms with E-state index in [4.69, 9.17) is 4.74 Å². The van der Waals surface area contributed by atoms with Gasteiger partial charge in [0.1, 0.15) is 11.6 Å². The van der Waals surface area contributed by atoms with Crippen LogP contribution in [0.25, 0.3) is 0 Å². The summed E-state index contributed by atoms with van der Waals surface area (Å²) in [4.78, 5) is 18.5. The van der Waals surface area contributed by atoms with Gasteiger partial charge < -0.3 is 20.3 Å². The first-order valence-corrected chi connectivity index (χ1v) is 9.46. The Labute approximate surface area is 187 Å². The molecule has 0 unspecified atom stereocenters. The summed E-state index contributed by atoms with van der Waals surface area (Å²) in [5.41, 5.74) is 1.75. The van der Waals surface area contributed by atoms with Gasteiger partial charge in [0.2, 0.25) is 0 Å². The number of nitrogens with zero attached hydrogens (tertiary/aromatic N) is 2. The van der Waals surface area contributed by atoms with Crippen molar-refractivity contribution in [2.45, 2.75) is 19.9 Å². The summed E-state index contributed by atoms with van der Waals surface area (Å²) in [7, 11) is 0. The molecule has 3 rings (SSSR count). The van der Waals surface area contributed by atoms with Crippen molar-refractivity contribution >= 4 is 41.5 Å². The molecule has 0 spiro atoms. The molecule has 8 heteroatoms. The Kier molecular flexibility index (Phi) is 9.17. The van der Waals surface area contributed by atoms with Gasteiger partial charge in [-0.25, -0.2) is 9.38 Å². The van der Waals surface area contributed by atoms with Gasteiger partial charge in [0.05, 0.1) is 12.2 Å². The van der Waals surface area contributed by atoms with E-state index in [1.54, 1.807) is 17.0 Å². The fraction of sp³-hybridized carbons (Fsp3) is 0.333. The van der Waals surface area contributed by atoms with Crippen LogP contribution in [0.3, 0.4) is 0 Å². The van der Waals surface area contributed by atoms with Crippen LogP contribution in [0.1, 0.15) is 18.9 Å². The number of hydrogen-bond acceptors (Lipinski definition) is 3. The van der Waals surface area contributed by atoms with Crippen molar-refractivity contribution in [2.75, 3.05) is 31.1 Å². The SMILES string of the molecule is CCNC(=NCc1ccc(F)cc1)NCCCN1C(=O)COc2ccccc21.I. The number of anilines is 1. The van der Waals surface area contributed by atoms with Gasteiger partial charge in [-0.3, -0.25) is 4.79 Å². The number of guanidine groups is 1. The average molecular weight is 512 g/mol. The molecule has 0 aromatic heterocycles. The standard InChI is InChI=1S/C21H25FN4O2.HI/c1-2-23-21(25-14-16-8-10-17(22)11-9-16)24-12-5-13-26-18-6-3-4-7-19(18)28-15-20(26)27;/h3-4,6-11H,2,5,12-15H2,1H3,(H2,23,24,25);1H. The Morgan fingerprint density at radius 2 is 1.93 bits per heavy atom. The Bertz CT molecular complexity index is 830. The Morgan fingerprint density at radius 3 is 2.69 bits per heavy atom. The molecule has 0 saturated carbocycles. The van der Waals surface area contributed by atoms with Crippen LogP contribution >= 0.6 is 24.0 Å². The summed E-state index contributed by atoms with van der Waals surface area (Å²) < 4.78 is 18.5. The van der Waals surface area contributed by atoms with E-state index >= 15 is 0 Å². The highest BCUT2D eigenvalue weighted by Gasteiger charge is 2.24. The molecule has 0 atom stereocenters. The number of halogens is 2. The summed E-state index contributed by atoms with van der Waals surface area (Å²) in [6.07, 6.45) is 0.765. The summed E-state index contributed by atoms with van der Waals surface area (Å²) >= 11 is 0. The number of ether oxygens (including phenoxy) is 1. The maximum Gasteiger partial charge on any atom is 0.265 e. The van der Waals surface area contributed by atoms with Crippen LogP contribution in [0, 0.1) is 5.82 Å². The first-order valence-electron chi connectivity index (χ1n) is 9.46. The molecule has 2 aromatic rings. The van der Waals surface area contributed by atoms with E-state index in [-0.39, 0.29) is 42.3 Å². The number of para-hydroxylation sites is 2. The molecule has 0 radical (unpaired) electrons. The molecule has 1 amide bonds.